The van der Waals surface area contributed by atoms with Gasteiger partial charge in [-0.2, -0.15) is 13.2 Å². The van der Waals surface area contributed by atoms with E-state index in [4.69, 9.17) is 0 Å². The lowest BCUT2D eigenvalue weighted by molar-refractivity contribution is -0.137. The lowest BCUT2D eigenvalue weighted by atomic mass is 10.1. The maximum atomic E-state index is 13.3. The molecular weight excluding hydrogens is 350 g/mol. The fraction of sp³-hybridized carbons (Fsp3) is 0.200. The summed E-state index contributed by atoms with van der Waals surface area (Å²) in [6, 6.07) is 8.03. The molecule has 2 aromatic carbocycles. The summed E-state index contributed by atoms with van der Waals surface area (Å²) in [6.45, 7) is 1.95. The zero-order chi connectivity index (χ0) is 15.6. The largest absolute Gasteiger partial charge is 0.416 e. The third-order valence-electron chi connectivity index (χ3n) is 3.00. The van der Waals surface area contributed by atoms with E-state index in [1.165, 1.54) is 12.1 Å². The average Bonchev–Trinajstić information content (AvgIpc) is 2.41. The highest BCUT2D eigenvalue weighted by molar-refractivity contribution is 9.10. The van der Waals surface area contributed by atoms with Crippen molar-refractivity contribution in [3.63, 3.8) is 0 Å². The Balaban J connectivity index is 2.15. The van der Waals surface area contributed by atoms with Crippen LogP contribution in [-0.4, -0.2) is 0 Å². The molecule has 0 amide bonds. The smallest absolute Gasteiger partial charge is 0.381 e. The van der Waals surface area contributed by atoms with Crippen LogP contribution < -0.4 is 5.32 Å². The number of anilines is 1. The molecular formula is C15H12BrF4N. The number of alkyl halides is 3. The first-order chi connectivity index (χ1) is 9.77. The van der Waals surface area contributed by atoms with Gasteiger partial charge < -0.3 is 5.32 Å². The number of rotatable bonds is 3. The molecule has 1 nitrogen and oxygen atoms in total. The molecule has 0 aromatic heterocycles. The van der Waals surface area contributed by atoms with Crippen LogP contribution in [0, 0.1) is 12.7 Å². The quantitative estimate of drug-likeness (QED) is 0.709. The summed E-state index contributed by atoms with van der Waals surface area (Å²) in [5, 5.41) is 3.01. The van der Waals surface area contributed by atoms with Crippen molar-refractivity contribution in [3.05, 3.63) is 63.4 Å². The van der Waals surface area contributed by atoms with Crippen LogP contribution in [0.1, 0.15) is 16.7 Å². The summed E-state index contributed by atoms with van der Waals surface area (Å²) in [6.07, 6.45) is -4.36. The predicted molar refractivity (Wildman–Crippen MR) is 77.6 cm³/mol. The molecule has 0 bridgehead atoms. The molecule has 0 heterocycles. The molecule has 0 aliphatic heterocycles. The van der Waals surface area contributed by atoms with Crippen molar-refractivity contribution in [1.82, 2.24) is 0 Å². The van der Waals surface area contributed by atoms with Gasteiger partial charge in [0, 0.05) is 12.2 Å². The van der Waals surface area contributed by atoms with Crippen LogP contribution in [0.3, 0.4) is 0 Å². The molecule has 0 aliphatic rings. The standard InChI is InChI=1S/C15H12BrF4N/c1-9-5-13(17)12(16)7-14(9)21-8-10-3-2-4-11(6-10)15(18,19)20/h2-7,21H,8H2,1H3. The predicted octanol–water partition coefficient (Wildman–Crippen LogP) is 5.53. The van der Waals surface area contributed by atoms with Crippen molar-refractivity contribution in [2.45, 2.75) is 19.6 Å². The average molecular weight is 362 g/mol. The van der Waals surface area contributed by atoms with E-state index in [9.17, 15) is 17.6 Å². The first-order valence-electron chi connectivity index (χ1n) is 6.13. The summed E-state index contributed by atoms with van der Waals surface area (Å²) in [5.74, 6) is -0.378. The second-order valence-corrected chi connectivity index (χ2v) is 5.49. The van der Waals surface area contributed by atoms with Gasteiger partial charge in [0.25, 0.3) is 0 Å². The molecule has 0 saturated heterocycles. The monoisotopic (exact) mass is 361 g/mol. The number of benzene rings is 2. The zero-order valence-electron chi connectivity index (χ0n) is 11.1. The Morgan fingerprint density at radius 1 is 1.14 bits per heavy atom. The fourth-order valence-corrected chi connectivity index (χ4v) is 2.24. The minimum Gasteiger partial charge on any atom is -0.381 e. The minimum absolute atomic E-state index is 0.225. The van der Waals surface area contributed by atoms with Gasteiger partial charge in [0.05, 0.1) is 10.0 Å². The molecule has 0 saturated carbocycles. The molecule has 0 fully saturated rings. The summed E-state index contributed by atoms with van der Waals surface area (Å²) in [5.41, 5.74) is 1.17. The van der Waals surface area contributed by atoms with Crippen LogP contribution in [0.25, 0.3) is 0 Å². The molecule has 112 valence electrons. The summed E-state index contributed by atoms with van der Waals surface area (Å²) in [4.78, 5) is 0. The lowest BCUT2D eigenvalue weighted by Gasteiger charge is -2.12. The third-order valence-corrected chi connectivity index (χ3v) is 3.61. The van der Waals surface area contributed by atoms with E-state index in [0.29, 0.717) is 21.3 Å². The van der Waals surface area contributed by atoms with Gasteiger partial charge in [0.2, 0.25) is 0 Å². The van der Waals surface area contributed by atoms with Gasteiger partial charge in [0.15, 0.2) is 0 Å². The first-order valence-corrected chi connectivity index (χ1v) is 6.92. The normalized spacial score (nSPS) is 11.5. The first kappa shape index (κ1) is 15.8. The van der Waals surface area contributed by atoms with Gasteiger partial charge in [-0.25, -0.2) is 4.39 Å². The Bertz CT molecular complexity index is 653. The molecule has 0 unspecified atom stereocenters. The van der Waals surface area contributed by atoms with Crippen LogP contribution in [0.15, 0.2) is 40.9 Å². The van der Waals surface area contributed by atoms with Gasteiger partial charge in [-0.1, -0.05) is 12.1 Å². The van der Waals surface area contributed by atoms with Crippen molar-refractivity contribution in [1.29, 1.82) is 0 Å². The summed E-state index contributed by atoms with van der Waals surface area (Å²) in [7, 11) is 0. The van der Waals surface area contributed by atoms with E-state index in [1.807, 2.05) is 0 Å². The van der Waals surface area contributed by atoms with Crippen LogP contribution in [0.5, 0.6) is 0 Å². The molecule has 2 rings (SSSR count). The highest BCUT2D eigenvalue weighted by Gasteiger charge is 2.30. The van der Waals surface area contributed by atoms with Gasteiger partial charge in [0.1, 0.15) is 5.82 Å². The molecule has 1 N–H and O–H groups in total. The van der Waals surface area contributed by atoms with Crippen molar-refractivity contribution in [2.24, 2.45) is 0 Å². The Morgan fingerprint density at radius 2 is 1.86 bits per heavy atom. The van der Waals surface area contributed by atoms with Crippen LogP contribution >= 0.6 is 15.9 Å². The highest BCUT2D eigenvalue weighted by atomic mass is 79.9. The Labute approximate surface area is 128 Å². The van der Waals surface area contributed by atoms with Gasteiger partial charge in [-0.15, -0.1) is 0 Å². The topological polar surface area (TPSA) is 12.0 Å². The Morgan fingerprint density at radius 3 is 2.52 bits per heavy atom. The maximum Gasteiger partial charge on any atom is 0.416 e. The third kappa shape index (κ3) is 3.97. The molecule has 0 atom stereocenters. The van der Waals surface area contributed by atoms with E-state index in [0.717, 1.165) is 12.1 Å². The molecule has 21 heavy (non-hydrogen) atoms. The van der Waals surface area contributed by atoms with Crippen molar-refractivity contribution in [3.8, 4) is 0 Å². The van der Waals surface area contributed by atoms with E-state index >= 15 is 0 Å². The number of nitrogens with one attached hydrogen (secondary N) is 1. The van der Waals surface area contributed by atoms with Gasteiger partial charge >= 0.3 is 6.18 Å². The second kappa shape index (κ2) is 6.05. The van der Waals surface area contributed by atoms with Gasteiger partial charge in [-0.05, 0) is 58.2 Å². The number of halogens is 5. The molecule has 0 aliphatic carbocycles. The van der Waals surface area contributed by atoms with E-state index in [2.05, 4.69) is 21.2 Å². The lowest BCUT2D eigenvalue weighted by Crippen LogP contribution is -2.07. The van der Waals surface area contributed by atoms with Crippen LogP contribution in [-0.2, 0) is 12.7 Å². The van der Waals surface area contributed by atoms with Gasteiger partial charge in [-0.3, -0.25) is 0 Å². The second-order valence-electron chi connectivity index (χ2n) is 4.63. The van der Waals surface area contributed by atoms with Crippen molar-refractivity contribution >= 4 is 21.6 Å². The Hall–Kier alpha value is -1.56. The maximum absolute atomic E-state index is 13.3. The SMILES string of the molecule is Cc1cc(F)c(Br)cc1NCc1cccc(C(F)(F)F)c1. The zero-order valence-corrected chi connectivity index (χ0v) is 12.6. The fourth-order valence-electron chi connectivity index (χ4n) is 1.89. The molecule has 0 radical (unpaired) electrons. The molecule has 0 spiro atoms. The number of hydrogen-bond acceptors (Lipinski definition) is 1. The Kier molecular flexibility index (Phi) is 4.56. The van der Waals surface area contributed by atoms with E-state index in [1.54, 1.807) is 19.1 Å². The van der Waals surface area contributed by atoms with Crippen LogP contribution in [0.2, 0.25) is 0 Å². The highest BCUT2D eigenvalue weighted by Crippen LogP contribution is 2.30. The van der Waals surface area contributed by atoms with Crippen LogP contribution in [0.4, 0.5) is 23.2 Å². The number of aryl methyl sites for hydroxylation is 1. The van der Waals surface area contributed by atoms with Crippen molar-refractivity contribution in [2.75, 3.05) is 5.32 Å². The van der Waals surface area contributed by atoms with E-state index < -0.39 is 11.7 Å². The summed E-state index contributed by atoms with van der Waals surface area (Å²) < 4.78 is 51.5. The minimum atomic E-state index is -4.36. The molecule has 6 heteroatoms. The number of hydrogen-bond donors (Lipinski definition) is 1. The summed E-state index contributed by atoms with van der Waals surface area (Å²) >= 11 is 3.08. The van der Waals surface area contributed by atoms with Crippen molar-refractivity contribution < 1.29 is 17.6 Å². The van der Waals surface area contributed by atoms with E-state index in [-0.39, 0.29) is 12.4 Å². The molecule has 2 aromatic rings.